The molecule has 2 aromatic carbocycles. The van der Waals surface area contributed by atoms with Crippen LogP contribution in [0, 0.1) is 11.3 Å². The molecule has 112 valence electrons. The zero-order chi connectivity index (χ0) is 16.1. The maximum absolute atomic E-state index is 10.9. The van der Waals surface area contributed by atoms with Gasteiger partial charge in [-0.1, -0.05) is 24.3 Å². The van der Waals surface area contributed by atoms with Crippen molar-refractivity contribution in [3.63, 3.8) is 0 Å². The Morgan fingerprint density at radius 2 is 1.91 bits per heavy atom. The first kappa shape index (κ1) is 15.6. The molecule has 0 saturated carbocycles. The summed E-state index contributed by atoms with van der Waals surface area (Å²) in [5.74, 6) is -1.20. The van der Waals surface area contributed by atoms with Gasteiger partial charge in [-0.3, -0.25) is 0 Å². The first-order valence-corrected chi connectivity index (χ1v) is 7.00. The molecule has 0 saturated heterocycles. The predicted molar refractivity (Wildman–Crippen MR) is 86.2 cm³/mol. The fourth-order valence-corrected chi connectivity index (χ4v) is 2.28. The molecule has 1 unspecified atom stereocenters. The van der Waals surface area contributed by atoms with E-state index in [0.29, 0.717) is 6.42 Å². The fraction of sp³-hybridized carbons (Fsp3) is 0.222. The minimum Gasteiger partial charge on any atom is -0.478 e. The van der Waals surface area contributed by atoms with Crippen LogP contribution in [0.15, 0.2) is 48.5 Å². The van der Waals surface area contributed by atoms with Gasteiger partial charge in [0.05, 0.1) is 17.6 Å². The molecule has 0 amide bonds. The number of hydrogen-bond acceptors (Lipinski definition) is 3. The van der Waals surface area contributed by atoms with Crippen LogP contribution in [0.25, 0.3) is 0 Å². The first-order chi connectivity index (χ1) is 10.5. The van der Waals surface area contributed by atoms with E-state index in [4.69, 9.17) is 5.11 Å². The summed E-state index contributed by atoms with van der Waals surface area (Å²) in [4.78, 5) is 12.9. The second-order valence-corrected chi connectivity index (χ2v) is 5.38. The van der Waals surface area contributed by atoms with Crippen molar-refractivity contribution in [3.05, 3.63) is 65.2 Å². The Balaban J connectivity index is 2.20. The number of carbonyl (C=O) groups is 1. The Labute approximate surface area is 130 Å². The number of hydrogen-bond donors (Lipinski definition) is 1. The number of aromatic carboxylic acids is 1. The quantitative estimate of drug-likeness (QED) is 0.919. The van der Waals surface area contributed by atoms with E-state index in [9.17, 15) is 10.1 Å². The summed E-state index contributed by atoms with van der Waals surface area (Å²) in [6.45, 7) is 0. The summed E-state index contributed by atoms with van der Waals surface area (Å²) < 4.78 is 0. The minimum absolute atomic E-state index is 0.254. The number of nitrogens with zero attached hydrogens (tertiary/aromatic N) is 2. The number of rotatable bonds is 5. The average Bonchev–Trinajstić information content (AvgIpc) is 2.53. The molecule has 0 heterocycles. The summed E-state index contributed by atoms with van der Waals surface area (Å²) in [5.41, 5.74) is 3.23. The standard InChI is InChI=1S/C18H18N2O2/c1-20(2)17-5-3-4-15(11-17)16(12-19)10-13-6-8-14(9-7-13)18(21)22/h3-9,11,16H,10H2,1-2H3,(H,21,22). The van der Waals surface area contributed by atoms with Crippen molar-refractivity contribution in [1.29, 1.82) is 5.26 Å². The van der Waals surface area contributed by atoms with Crippen LogP contribution >= 0.6 is 0 Å². The van der Waals surface area contributed by atoms with Crippen LogP contribution in [0.1, 0.15) is 27.4 Å². The second-order valence-electron chi connectivity index (χ2n) is 5.38. The maximum atomic E-state index is 10.9. The van der Waals surface area contributed by atoms with Crippen molar-refractivity contribution in [2.24, 2.45) is 0 Å². The van der Waals surface area contributed by atoms with Gasteiger partial charge in [-0.25, -0.2) is 4.79 Å². The minimum atomic E-state index is -0.943. The van der Waals surface area contributed by atoms with Crippen molar-refractivity contribution < 1.29 is 9.90 Å². The molecule has 4 nitrogen and oxygen atoms in total. The monoisotopic (exact) mass is 294 g/mol. The van der Waals surface area contributed by atoms with E-state index in [1.165, 1.54) is 0 Å². The van der Waals surface area contributed by atoms with Gasteiger partial charge in [0.15, 0.2) is 0 Å². The molecule has 1 atom stereocenters. The molecule has 0 aliphatic heterocycles. The normalized spacial score (nSPS) is 11.5. The third-order valence-electron chi connectivity index (χ3n) is 3.59. The van der Waals surface area contributed by atoms with Gasteiger partial charge in [0.1, 0.15) is 0 Å². The highest BCUT2D eigenvalue weighted by Gasteiger charge is 2.13. The molecule has 2 aromatic rings. The summed E-state index contributed by atoms with van der Waals surface area (Å²) in [7, 11) is 3.93. The lowest BCUT2D eigenvalue weighted by Gasteiger charge is -2.16. The number of anilines is 1. The molecular weight excluding hydrogens is 276 g/mol. The van der Waals surface area contributed by atoms with Gasteiger partial charge in [-0.15, -0.1) is 0 Å². The lowest BCUT2D eigenvalue weighted by Crippen LogP contribution is -2.09. The van der Waals surface area contributed by atoms with Crippen LogP contribution in [0.4, 0.5) is 5.69 Å². The van der Waals surface area contributed by atoms with Crippen molar-refractivity contribution in [2.75, 3.05) is 19.0 Å². The van der Waals surface area contributed by atoms with Gasteiger partial charge in [-0.05, 0) is 41.8 Å². The summed E-state index contributed by atoms with van der Waals surface area (Å²) in [6.07, 6.45) is 0.563. The van der Waals surface area contributed by atoms with Crippen LogP contribution in [-0.4, -0.2) is 25.2 Å². The van der Waals surface area contributed by atoms with E-state index in [-0.39, 0.29) is 11.5 Å². The summed E-state index contributed by atoms with van der Waals surface area (Å²) >= 11 is 0. The van der Waals surface area contributed by atoms with E-state index in [2.05, 4.69) is 6.07 Å². The molecule has 0 fully saturated rings. The predicted octanol–water partition coefficient (Wildman–Crippen LogP) is 3.30. The van der Waals surface area contributed by atoms with E-state index in [1.807, 2.05) is 43.3 Å². The van der Waals surface area contributed by atoms with Crippen molar-refractivity contribution >= 4 is 11.7 Å². The van der Waals surface area contributed by atoms with Gasteiger partial charge in [0, 0.05) is 19.8 Å². The smallest absolute Gasteiger partial charge is 0.335 e. The Kier molecular flexibility index (Phi) is 4.80. The zero-order valence-electron chi connectivity index (χ0n) is 12.7. The summed E-state index contributed by atoms with van der Waals surface area (Å²) in [6, 6.07) is 16.9. The van der Waals surface area contributed by atoms with Gasteiger partial charge in [0.25, 0.3) is 0 Å². The molecular formula is C18H18N2O2. The lowest BCUT2D eigenvalue weighted by molar-refractivity contribution is 0.0697. The SMILES string of the molecule is CN(C)c1cccc(C(C#N)Cc2ccc(C(=O)O)cc2)c1. The molecule has 0 aliphatic rings. The Morgan fingerprint density at radius 3 is 2.45 bits per heavy atom. The van der Waals surface area contributed by atoms with E-state index in [0.717, 1.165) is 16.8 Å². The Hall–Kier alpha value is -2.80. The zero-order valence-corrected chi connectivity index (χ0v) is 12.7. The Morgan fingerprint density at radius 1 is 1.23 bits per heavy atom. The van der Waals surface area contributed by atoms with Crippen molar-refractivity contribution in [3.8, 4) is 6.07 Å². The van der Waals surface area contributed by atoms with Crippen molar-refractivity contribution in [2.45, 2.75) is 12.3 Å². The highest BCUT2D eigenvalue weighted by atomic mass is 16.4. The number of nitriles is 1. The van der Waals surface area contributed by atoms with Crippen LogP contribution in [0.3, 0.4) is 0 Å². The molecule has 4 heteroatoms. The number of benzene rings is 2. The third-order valence-corrected chi connectivity index (χ3v) is 3.59. The maximum Gasteiger partial charge on any atom is 0.335 e. The van der Waals surface area contributed by atoms with Crippen LogP contribution in [0.2, 0.25) is 0 Å². The molecule has 1 N–H and O–H groups in total. The number of carboxylic acid groups (broad SMARTS) is 1. The molecule has 0 radical (unpaired) electrons. The molecule has 22 heavy (non-hydrogen) atoms. The van der Waals surface area contributed by atoms with Crippen molar-refractivity contribution in [1.82, 2.24) is 0 Å². The van der Waals surface area contributed by atoms with Gasteiger partial charge in [0.2, 0.25) is 0 Å². The Bertz CT molecular complexity index is 700. The largest absolute Gasteiger partial charge is 0.478 e. The van der Waals surface area contributed by atoms with Crippen LogP contribution < -0.4 is 4.90 Å². The highest BCUT2D eigenvalue weighted by molar-refractivity contribution is 5.87. The highest BCUT2D eigenvalue weighted by Crippen LogP contribution is 2.24. The van der Waals surface area contributed by atoms with Crippen LogP contribution in [-0.2, 0) is 6.42 Å². The molecule has 0 spiro atoms. The van der Waals surface area contributed by atoms with E-state index in [1.54, 1.807) is 24.3 Å². The van der Waals surface area contributed by atoms with Gasteiger partial charge >= 0.3 is 5.97 Å². The molecule has 2 rings (SSSR count). The molecule has 0 aliphatic carbocycles. The first-order valence-electron chi connectivity index (χ1n) is 7.00. The fourth-order valence-electron chi connectivity index (χ4n) is 2.28. The van der Waals surface area contributed by atoms with Gasteiger partial charge in [-0.2, -0.15) is 5.26 Å². The van der Waals surface area contributed by atoms with Crippen LogP contribution in [0.5, 0.6) is 0 Å². The van der Waals surface area contributed by atoms with E-state index >= 15 is 0 Å². The average molecular weight is 294 g/mol. The summed E-state index contributed by atoms with van der Waals surface area (Å²) in [5, 5.41) is 18.4. The third kappa shape index (κ3) is 3.64. The topological polar surface area (TPSA) is 64.3 Å². The van der Waals surface area contributed by atoms with E-state index < -0.39 is 5.97 Å². The number of carboxylic acids is 1. The molecule has 0 bridgehead atoms. The molecule has 0 aromatic heterocycles. The second kappa shape index (κ2) is 6.77. The lowest BCUT2D eigenvalue weighted by atomic mass is 9.92. The van der Waals surface area contributed by atoms with Gasteiger partial charge < -0.3 is 10.0 Å².